The normalized spacial score (nSPS) is 11.9. The summed E-state index contributed by atoms with van der Waals surface area (Å²) in [5.74, 6) is 0. The van der Waals surface area contributed by atoms with Gasteiger partial charge in [0.15, 0.2) is 0 Å². The summed E-state index contributed by atoms with van der Waals surface area (Å²) >= 11 is 0. The number of aryl methyl sites for hydroxylation is 1. The molecule has 0 atom stereocenters. The molecule has 2 rings (SSSR count). The van der Waals surface area contributed by atoms with E-state index in [1.165, 1.54) is 17.7 Å². The third kappa shape index (κ3) is 4.18. The SMILES string of the molecule is Cc1nn(-c2ccccc2)c(C)c1CNCCC(C)(C)C. The molecule has 3 nitrogen and oxygen atoms in total. The minimum Gasteiger partial charge on any atom is -0.313 e. The minimum atomic E-state index is 0.380. The highest BCUT2D eigenvalue weighted by Crippen LogP contribution is 2.19. The van der Waals surface area contributed by atoms with Crippen LogP contribution >= 0.6 is 0 Å². The Morgan fingerprint density at radius 3 is 2.38 bits per heavy atom. The number of hydrogen-bond donors (Lipinski definition) is 1. The van der Waals surface area contributed by atoms with E-state index in [9.17, 15) is 0 Å². The van der Waals surface area contributed by atoms with Gasteiger partial charge in [0, 0.05) is 17.8 Å². The molecule has 0 fully saturated rings. The van der Waals surface area contributed by atoms with Crippen LogP contribution in [0.4, 0.5) is 0 Å². The summed E-state index contributed by atoms with van der Waals surface area (Å²) < 4.78 is 2.04. The van der Waals surface area contributed by atoms with Crippen LogP contribution < -0.4 is 5.32 Å². The van der Waals surface area contributed by atoms with Gasteiger partial charge >= 0.3 is 0 Å². The second-order valence-corrected chi connectivity index (χ2v) is 6.88. The van der Waals surface area contributed by atoms with Crippen LogP contribution in [0.2, 0.25) is 0 Å². The number of aromatic nitrogens is 2. The zero-order chi connectivity index (χ0) is 15.5. The van der Waals surface area contributed by atoms with Gasteiger partial charge in [-0.3, -0.25) is 0 Å². The van der Waals surface area contributed by atoms with Gasteiger partial charge in [0.2, 0.25) is 0 Å². The lowest BCUT2D eigenvalue weighted by atomic mass is 9.92. The van der Waals surface area contributed by atoms with Crippen molar-refractivity contribution in [3.05, 3.63) is 47.3 Å². The van der Waals surface area contributed by atoms with Crippen molar-refractivity contribution in [1.29, 1.82) is 0 Å². The summed E-state index contributed by atoms with van der Waals surface area (Å²) in [6.45, 7) is 13.0. The fourth-order valence-electron chi connectivity index (χ4n) is 2.43. The number of benzene rings is 1. The Labute approximate surface area is 128 Å². The second-order valence-electron chi connectivity index (χ2n) is 6.88. The summed E-state index contributed by atoms with van der Waals surface area (Å²) in [5.41, 5.74) is 5.15. The molecule has 0 aliphatic carbocycles. The molecule has 1 heterocycles. The van der Waals surface area contributed by atoms with E-state index < -0.39 is 0 Å². The lowest BCUT2D eigenvalue weighted by Crippen LogP contribution is -2.20. The van der Waals surface area contributed by atoms with Gasteiger partial charge in [-0.25, -0.2) is 4.68 Å². The summed E-state index contributed by atoms with van der Waals surface area (Å²) in [6.07, 6.45) is 1.18. The van der Waals surface area contributed by atoms with E-state index in [0.29, 0.717) is 5.41 Å². The standard InChI is InChI=1S/C18H27N3/c1-14-17(13-19-12-11-18(3,4)5)15(2)21(20-14)16-9-7-6-8-10-16/h6-10,19H,11-13H2,1-5H3. The molecule has 2 aromatic rings. The molecule has 0 unspecified atom stereocenters. The minimum absolute atomic E-state index is 0.380. The van der Waals surface area contributed by atoms with Crippen LogP contribution in [0.15, 0.2) is 30.3 Å². The van der Waals surface area contributed by atoms with Gasteiger partial charge in [-0.2, -0.15) is 5.10 Å². The Morgan fingerprint density at radius 1 is 1.10 bits per heavy atom. The molecule has 3 heteroatoms. The highest BCUT2D eigenvalue weighted by atomic mass is 15.3. The largest absolute Gasteiger partial charge is 0.313 e. The Kier molecular flexibility index (Phi) is 4.84. The van der Waals surface area contributed by atoms with Crippen LogP contribution in [-0.4, -0.2) is 16.3 Å². The molecular formula is C18H27N3. The fraction of sp³-hybridized carbons (Fsp3) is 0.500. The van der Waals surface area contributed by atoms with Gasteiger partial charge < -0.3 is 5.32 Å². The van der Waals surface area contributed by atoms with Crippen molar-refractivity contribution in [3.63, 3.8) is 0 Å². The number of nitrogens with zero attached hydrogens (tertiary/aromatic N) is 2. The molecule has 0 radical (unpaired) electrons. The smallest absolute Gasteiger partial charge is 0.0648 e. The lowest BCUT2D eigenvalue weighted by molar-refractivity contribution is 0.366. The number of nitrogens with one attached hydrogen (secondary N) is 1. The molecule has 0 aliphatic heterocycles. The third-order valence-electron chi connectivity index (χ3n) is 3.80. The number of hydrogen-bond acceptors (Lipinski definition) is 2. The van der Waals surface area contributed by atoms with Crippen molar-refractivity contribution >= 4 is 0 Å². The summed E-state index contributed by atoms with van der Waals surface area (Å²) in [6, 6.07) is 10.3. The first-order valence-electron chi connectivity index (χ1n) is 7.70. The lowest BCUT2D eigenvalue weighted by Gasteiger charge is -2.18. The third-order valence-corrected chi connectivity index (χ3v) is 3.80. The zero-order valence-corrected chi connectivity index (χ0v) is 13.9. The van der Waals surface area contributed by atoms with Crippen molar-refractivity contribution in [2.24, 2.45) is 5.41 Å². The van der Waals surface area contributed by atoms with Gasteiger partial charge in [-0.15, -0.1) is 0 Å². The molecule has 1 N–H and O–H groups in total. The average molecular weight is 285 g/mol. The van der Waals surface area contributed by atoms with Crippen molar-refractivity contribution in [3.8, 4) is 5.69 Å². The van der Waals surface area contributed by atoms with Gasteiger partial charge in [-0.05, 0) is 44.4 Å². The van der Waals surface area contributed by atoms with Gasteiger partial charge in [0.05, 0.1) is 11.4 Å². The molecule has 0 saturated carbocycles. The molecule has 21 heavy (non-hydrogen) atoms. The predicted octanol–water partition coefficient (Wildman–Crippen LogP) is 4.01. The Morgan fingerprint density at radius 2 is 1.76 bits per heavy atom. The van der Waals surface area contributed by atoms with Crippen molar-refractivity contribution < 1.29 is 0 Å². The van der Waals surface area contributed by atoms with Crippen molar-refractivity contribution in [2.45, 2.75) is 47.6 Å². The molecule has 0 saturated heterocycles. The Hall–Kier alpha value is -1.61. The second kappa shape index (κ2) is 6.44. The molecule has 0 spiro atoms. The number of para-hydroxylation sites is 1. The van der Waals surface area contributed by atoms with E-state index in [-0.39, 0.29) is 0 Å². The molecule has 0 bridgehead atoms. The van der Waals surface area contributed by atoms with E-state index in [4.69, 9.17) is 0 Å². The van der Waals surface area contributed by atoms with E-state index >= 15 is 0 Å². The summed E-state index contributed by atoms with van der Waals surface area (Å²) in [4.78, 5) is 0. The summed E-state index contributed by atoms with van der Waals surface area (Å²) in [5, 5.41) is 8.24. The molecule has 114 valence electrons. The van der Waals surface area contributed by atoms with E-state index in [0.717, 1.165) is 24.5 Å². The first-order chi connectivity index (χ1) is 9.88. The zero-order valence-electron chi connectivity index (χ0n) is 13.9. The van der Waals surface area contributed by atoms with Crippen LogP contribution in [0.5, 0.6) is 0 Å². The molecule has 0 amide bonds. The van der Waals surface area contributed by atoms with E-state index in [1.54, 1.807) is 0 Å². The first kappa shape index (κ1) is 15.8. The molecule has 1 aromatic carbocycles. The van der Waals surface area contributed by atoms with E-state index in [2.05, 4.69) is 57.2 Å². The first-order valence-corrected chi connectivity index (χ1v) is 7.70. The van der Waals surface area contributed by atoms with Crippen molar-refractivity contribution in [1.82, 2.24) is 15.1 Å². The Balaban J connectivity index is 2.06. The molecule has 0 aliphatic rings. The number of rotatable bonds is 5. The van der Waals surface area contributed by atoms with Crippen LogP contribution in [0.1, 0.15) is 44.1 Å². The van der Waals surface area contributed by atoms with Crippen LogP contribution in [0.25, 0.3) is 5.69 Å². The van der Waals surface area contributed by atoms with Gasteiger partial charge in [-0.1, -0.05) is 39.0 Å². The maximum absolute atomic E-state index is 4.68. The van der Waals surface area contributed by atoms with Crippen LogP contribution in [-0.2, 0) is 6.54 Å². The van der Waals surface area contributed by atoms with E-state index in [1.807, 2.05) is 22.9 Å². The predicted molar refractivity (Wildman–Crippen MR) is 88.8 cm³/mol. The van der Waals surface area contributed by atoms with Gasteiger partial charge in [0.25, 0.3) is 0 Å². The van der Waals surface area contributed by atoms with Crippen LogP contribution in [0.3, 0.4) is 0 Å². The van der Waals surface area contributed by atoms with Crippen molar-refractivity contribution in [2.75, 3.05) is 6.54 Å². The fourth-order valence-corrected chi connectivity index (χ4v) is 2.43. The Bertz CT molecular complexity index is 577. The summed E-state index contributed by atoms with van der Waals surface area (Å²) in [7, 11) is 0. The van der Waals surface area contributed by atoms with Crippen LogP contribution in [0, 0.1) is 19.3 Å². The maximum atomic E-state index is 4.68. The highest BCUT2D eigenvalue weighted by molar-refractivity contribution is 5.36. The highest BCUT2D eigenvalue weighted by Gasteiger charge is 2.13. The monoisotopic (exact) mass is 285 g/mol. The molecular weight excluding hydrogens is 258 g/mol. The van der Waals surface area contributed by atoms with Gasteiger partial charge in [0.1, 0.15) is 0 Å². The molecule has 1 aromatic heterocycles. The maximum Gasteiger partial charge on any atom is 0.0648 e. The quantitative estimate of drug-likeness (QED) is 0.841. The average Bonchev–Trinajstić information content (AvgIpc) is 2.71. The topological polar surface area (TPSA) is 29.9 Å².